The number of nitrogens with one attached hydrogen (secondary N) is 1. The Morgan fingerprint density at radius 2 is 1.92 bits per heavy atom. The molecule has 1 atom stereocenters. The van der Waals surface area contributed by atoms with E-state index in [1.165, 1.54) is 5.56 Å². The first-order valence-electron chi connectivity index (χ1n) is 8.08. The first kappa shape index (κ1) is 16.6. The van der Waals surface area contributed by atoms with Crippen LogP contribution >= 0.6 is 11.6 Å². The van der Waals surface area contributed by atoms with E-state index in [-0.39, 0.29) is 11.9 Å². The monoisotopic (exact) mass is 341 g/mol. The van der Waals surface area contributed by atoms with E-state index in [2.05, 4.69) is 17.4 Å². The summed E-state index contributed by atoms with van der Waals surface area (Å²) in [6.07, 6.45) is 1.79. The number of hydrogen-bond acceptors (Lipinski definition) is 2. The maximum atomic E-state index is 12.5. The number of para-hydroxylation sites is 1. The van der Waals surface area contributed by atoms with E-state index in [0.717, 1.165) is 23.8 Å². The summed E-state index contributed by atoms with van der Waals surface area (Å²) in [5, 5.41) is 4.41. The Kier molecular flexibility index (Phi) is 4.91. The molecule has 0 aliphatic rings. The van der Waals surface area contributed by atoms with Crippen LogP contribution in [0.25, 0.3) is 11.0 Å². The zero-order chi connectivity index (χ0) is 17.1. The van der Waals surface area contributed by atoms with Crippen LogP contribution < -0.4 is 5.32 Å². The van der Waals surface area contributed by atoms with Gasteiger partial charge in [-0.15, -0.1) is 0 Å². The molecule has 0 radical (unpaired) electrons. The lowest BCUT2D eigenvalue weighted by molar-refractivity contribution is 0.0911. The molecule has 0 aliphatic heterocycles. The van der Waals surface area contributed by atoms with E-state index in [9.17, 15) is 4.79 Å². The molecule has 1 aromatic heterocycles. The Morgan fingerprint density at radius 1 is 1.17 bits per heavy atom. The molecular formula is C20H20ClNO2. The van der Waals surface area contributed by atoms with Crippen LogP contribution in [-0.4, -0.2) is 11.9 Å². The highest BCUT2D eigenvalue weighted by Gasteiger charge is 2.20. The van der Waals surface area contributed by atoms with Crippen molar-refractivity contribution in [3.05, 3.63) is 70.4 Å². The summed E-state index contributed by atoms with van der Waals surface area (Å²) in [6.45, 7) is 3.89. The second kappa shape index (κ2) is 7.10. The van der Waals surface area contributed by atoms with Crippen LogP contribution in [0.2, 0.25) is 5.02 Å². The molecule has 0 spiro atoms. The molecule has 0 saturated heterocycles. The van der Waals surface area contributed by atoms with E-state index in [4.69, 9.17) is 16.0 Å². The maximum absolute atomic E-state index is 12.5. The third kappa shape index (κ3) is 3.46. The van der Waals surface area contributed by atoms with Gasteiger partial charge in [0.05, 0.1) is 5.02 Å². The maximum Gasteiger partial charge on any atom is 0.287 e. The number of amides is 1. The average Bonchev–Trinajstić information content (AvgIpc) is 2.93. The molecule has 3 nitrogen and oxygen atoms in total. The SMILES string of the molecule is Cc1c(C(=O)NC(C)CCc2ccccc2)oc2c(Cl)cccc12. The third-order valence-electron chi connectivity index (χ3n) is 4.21. The minimum Gasteiger partial charge on any atom is -0.449 e. The van der Waals surface area contributed by atoms with Crippen LogP contribution in [-0.2, 0) is 6.42 Å². The van der Waals surface area contributed by atoms with Gasteiger partial charge in [0.15, 0.2) is 11.3 Å². The molecule has 0 fully saturated rings. The predicted molar refractivity (Wildman–Crippen MR) is 97.7 cm³/mol. The van der Waals surface area contributed by atoms with Crippen molar-refractivity contribution in [2.75, 3.05) is 0 Å². The fraction of sp³-hybridized carbons (Fsp3) is 0.250. The summed E-state index contributed by atoms with van der Waals surface area (Å²) in [7, 11) is 0. The number of carbonyl (C=O) groups excluding carboxylic acids is 1. The van der Waals surface area contributed by atoms with E-state index >= 15 is 0 Å². The van der Waals surface area contributed by atoms with Crippen molar-refractivity contribution in [2.45, 2.75) is 32.7 Å². The van der Waals surface area contributed by atoms with Gasteiger partial charge in [0, 0.05) is 17.0 Å². The summed E-state index contributed by atoms with van der Waals surface area (Å²) in [5.74, 6) is 0.144. The lowest BCUT2D eigenvalue weighted by atomic mass is 10.1. The smallest absolute Gasteiger partial charge is 0.287 e. The summed E-state index contributed by atoms with van der Waals surface area (Å²) in [6, 6.07) is 15.8. The lowest BCUT2D eigenvalue weighted by Crippen LogP contribution is -2.33. The number of benzene rings is 2. The van der Waals surface area contributed by atoms with E-state index in [0.29, 0.717) is 16.4 Å². The predicted octanol–water partition coefficient (Wildman–Crippen LogP) is 5.15. The highest BCUT2D eigenvalue weighted by atomic mass is 35.5. The van der Waals surface area contributed by atoms with Gasteiger partial charge < -0.3 is 9.73 Å². The van der Waals surface area contributed by atoms with Gasteiger partial charge in [0.2, 0.25) is 0 Å². The van der Waals surface area contributed by atoms with Crippen LogP contribution in [0.15, 0.2) is 52.9 Å². The Hall–Kier alpha value is -2.26. The van der Waals surface area contributed by atoms with E-state index < -0.39 is 0 Å². The van der Waals surface area contributed by atoms with Gasteiger partial charge >= 0.3 is 0 Å². The summed E-state index contributed by atoms with van der Waals surface area (Å²) < 4.78 is 5.71. The van der Waals surface area contributed by atoms with Gasteiger partial charge in [-0.05, 0) is 38.3 Å². The summed E-state index contributed by atoms with van der Waals surface area (Å²) in [4.78, 5) is 12.5. The second-order valence-corrected chi connectivity index (χ2v) is 6.48. The normalized spacial score (nSPS) is 12.3. The molecule has 1 amide bonds. The van der Waals surface area contributed by atoms with Gasteiger partial charge in [-0.1, -0.05) is 54.1 Å². The molecule has 3 rings (SSSR count). The Labute approximate surface area is 146 Å². The Bertz CT molecular complexity index is 855. The number of fused-ring (bicyclic) bond motifs is 1. The molecule has 3 aromatic rings. The average molecular weight is 342 g/mol. The van der Waals surface area contributed by atoms with Gasteiger partial charge in [-0.3, -0.25) is 4.79 Å². The van der Waals surface area contributed by atoms with Crippen LogP contribution in [0.5, 0.6) is 0 Å². The van der Waals surface area contributed by atoms with Crippen molar-refractivity contribution in [2.24, 2.45) is 0 Å². The van der Waals surface area contributed by atoms with Gasteiger partial charge in [0.25, 0.3) is 5.91 Å². The molecule has 1 heterocycles. The molecule has 0 aliphatic carbocycles. The quantitative estimate of drug-likeness (QED) is 0.697. The number of aryl methyl sites for hydroxylation is 2. The van der Waals surface area contributed by atoms with Gasteiger partial charge in [0.1, 0.15) is 0 Å². The van der Waals surface area contributed by atoms with Crippen molar-refractivity contribution in [1.29, 1.82) is 0 Å². The van der Waals surface area contributed by atoms with Crippen molar-refractivity contribution in [1.82, 2.24) is 5.32 Å². The van der Waals surface area contributed by atoms with Gasteiger partial charge in [-0.2, -0.15) is 0 Å². The number of furan rings is 1. The molecule has 24 heavy (non-hydrogen) atoms. The largest absolute Gasteiger partial charge is 0.449 e. The molecule has 0 bridgehead atoms. The van der Waals surface area contributed by atoms with Crippen molar-refractivity contribution in [3.8, 4) is 0 Å². The second-order valence-electron chi connectivity index (χ2n) is 6.07. The number of hydrogen-bond donors (Lipinski definition) is 1. The molecule has 2 aromatic carbocycles. The highest BCUT2D eigenvalue weighted by Crippen LogP contribution is 2.30. The fourth-order valence-electron chi connectivity index (χ4n) is 2.81. The van der Waals surface area contributed by atoms with E-state index in [1.54, 1.807) is 6.07 Å². The molecule has 124 valence electrons. The minimum atomic E-state index is -0.194. The summed E-state index contributed by atoms with van der Waals surface area (Å²) >= 11 is 6.14. The highest BCUT2D eigenvalue weighted by molar-refractivity contribution is 6.35. The van der Waals surface area contributed by atoms with Crippen LogP contribution in [0.4, 0.5) is 0 Å². The first-order chi connectivity index (χ1) is 11.6. The lowest BCUT2D eigenvalue weighted by Gasteiger charge is -2.13. The fourth-order valence-corrected chi connectivity index (χ4v) is 3.03. The summed E-state index contributed by atoms with van der Waals surface area (Å²) in [5.41, 5.74) is 2.66. The van der Waals surface area contributed by atoms with Crippen molar-refractivity contribution >= 4 is 28.5 Å². The zero-order valence-electron chi connectivity index (χ0n) is 13.8. The standard InChI is InChI=1S/C20H20ClNO2/c1-13(11-12-15-7-4-3-5-8-15)22-20(23)18-14(2)16-9-6-10-17(21)19(16)24-18/h3-10,13H,11-12H2,1-2H3,(H,22,23). The topological polar surface area (TPSA) is 42.2 Å². The van der Waals surface area contributed by atoms with Crippen LogP contribution in [0.3, 0.4) is 0 Å². The number of halogens is 1. The first-order valence-corrected chi connectivity index (χ1v) is 8.46. The molecule has 1 N–H and O–H groups in total. The zero-order valence-corrected chi connectivity index (χ0v) is 14.6. The molecule has 1 unspecified atom stereocenters. The van der Waals surface area contributed by atoms with Crippen molar-refractivity contribution < 1.29 is 9.21 Å². The third-order valence-corrected chi connectivity index (χ3v) is 4.51. The van der Waals surface area contributed by atoms with Crippen LogP contribution in [0, 0.1) is 6.92 Å². The minimum absolute atomic E-state index is 0.0563. The van der Waals surface area contributed by atoms with Gasteiger partial charge in [-0.25, -0.2) is 0 Å². The Morgan fingerprint density at radius 3 is 2.62 bits per heavy atom. The molecule has 4 heteroatoms. The van der Waals surface area contributed by atoms with Crippen LogP contribution in [0.1, 0.15) is 35.0 Å². The number of carbonyl (C=O) groups is 1. The molecular weight excluding hydrogens is 322 g/mol. The van der Waals surface area contributed by atoms with E-state index in [1.807, 2.05) is 44.2 Å². The number of rotatable bonds is 5. The Balaban J connectivity index is 1.68. The molecule has 0 saturated carbocycles. The van der Waals surface area contributed by atoms with Crippen molar-refractivity contribution in [3.63, 3.8) is 0 Å².